The first kappa shape index (κ1) is 14.0. The van der Waals surface area contributed by atoms with Crippen molar-refractivity contribution < 1.29 is 14.2 Å². The van der Waals surface area contributed by atoms with E-state index < -0.39 is 6.10 Å². The Balaban J connectivity index is 1.72. The largest absolute Gasteiger partial charge is 0.494 e. The number of halogens is 1. The highest BCUT2D eigenvalue weighted by molar-refractivity contribution is 5.36. The van der Waals surface area contributed by atoms with E-state index >= 15 is 0 Å². The van der Waals surface area contributed by atoms with Crippen LogP contribution in [-0.4, -0.2) is 18.3 Å². The van der Waals surface area contributed by atoms with Gasteiger partial charge in [0.2, 0.25) is 0 Å². The Morgan fingerprint density at radius 1 is 1.29 bits per heavy atom. The van der Waals surface area contributed by atoms with Crippen molar-refractivity contribution in [2.75, 3.05) is 7.11 Å². The van der Waals surface area contributed by atoms with E-state index in [0.29, 0.717) is 13.0 Å². The summed E-state index contributed by atoms with van der Waals surface area (Å²) in [5.74, 6) is -0.130. The molecule has 2 aromatic carbocycles. The van der Waals surface area contributed by atoms with Crippen LogP contribution in [-0.2, 0) is 13.0 Å². The van der Waals surface area contributed by atoms with Crippen molar-refractivity contribution in [3.05, 3.63) is 65.0 Å². The van der Waals surface area contributed by atoms with Crippen LogP contribution in [0, 0.1) is 5.82 Å². The lowest BCUT2D eigenvalue weighted by Gasteiger charge is -2.18. The molecule has 0 fully saturated rings. The third kappa shape index (κ3) is 2.77. The zero-order chi connectivity index (χ0) is 14.8. The standard InChI is InChI=1S/C17H18FNO2/c1-21-16-7-6-11(8-14(16)18)10-19-17-13-5-3-2-4-12(13)9-15(17)20/h2-8,15,17,19-20H,9-10H2,1H3/t15-,17+/m0/s1. The topological polar surface area (TPSA) is 41.5 Å². The molecule has 3 nitrogen and oxygen atoms in total. The number of rotatable bonds is 4. The Kier molecular flexibility index (Phi) is 3.90. The second-order valence-corrected chi connectivity index (χ2v) is 5.30. The van der Waals surface area contributed by atoms with Gasteiger partial charge in [-0.1, -0.05) is 30.3 Å². The van der Waals surface area contributed by atoms with Gasteiger partial charge in [-0.3, -0.25) is 0 Å². The van der Waals surface area contributed by atoms with Gasteiger partial charge < -0.3 is 15.2 Å². The molecule has 0 bridgehead atoms. The van der Waals surface area contributed by atoms with Gasteiger partial charge in [0.25, 0.3) is 0 Å². The average molecular weight is 287 g/mol. The summed E-state index contributed by atoms with van der Waals surface area (Å²) in [6, 6.07) is 12.8. The average Bonchev–Trinajstić information content (AvgIpc) is 2.81. The molecule has 0 aliphatic heterocycles. The normalized spacial score (nSPS) is 20.3. The fourth-order valence-corrected chi connectivity index (χ4v) is 2.87. The third-order valence-electron chi connectivity index (χ3n) is 3.95. The van der Waals surface area contributed by atoms with Crippen molar-refractivity contribution in [1.82, 2.24) is 5.32 Å². The second-order valence-electron chi connectivity index (χ2n) is 5.30. The smallest absolute Gasteiger partial charge is 0.165 e. The van der Waals surface area contributed by atoms with E-state index in [1.54, 1.807) is 6.07 Å². The van der Waals surface area contributed by atoms with Crippen LogP contribution in [0.3, 0.4) is 0 Å². The number of hydrogen-bond donors (Lipinski definition) is 2. The zero-order valence-corrected chi connectivity index (χ0v) is 11.8. The molecule has 0 heterocycles. The minimum absolute atomic E-state index is 0.105. The summed E-state index contributed by atoms with van der Waals surface area (Å²) in [4.78, 5) is 0. The number of aliphatic hydroxyl groups excluding tert-OH is 1. The summed E-state index contributed by atoms with van der Waals surface area (Å²) in [7, 11) is 1.45. The molecule has 0 saturated carbocycles. The number of benzene rings is 2. The van der Waals surface area contributed by atoms with Crippen LogP contribution in [0.15, 0.2) is 42.5 Å². The molecule has 4 heteroatoms. The number of fused-ring (bicyclic) bond motifs is 1. The summed E-state index contributed by atoms with van der Waals surface area (Å²) < 4.78 is 18.6. The van der Waals surface area contributed by atoms with Crippen molar-refractivity contribution in [2.24, 2.45) is 0 Å². The van der Waals surface area contributed by atoms with Gasteiger partial charge >= 0.3 is 0 Å². The summed E-state index contributed by atoms with van der Waals surface area (Å²) in [5.41, 5.74) is 3.12. The van der Waals surface area contributed by atoms with Gasteiger partial charge in [0.1, 0.15) is 0 Å². The molecule has 2 N–H and O–H groups in total. The van der Waals surface area contributed by atoms with Gasteiger partial charge in [0, 0.05) is 13.0 Å². The van der Waals surface area contributed by atoms with Gasteiger partial charge in [-0.05, 0) is 28.8 Å². The first-order valence-electron chi connectivity index (χ1n) is 7.00. The maximum absolute atomic E-state index is 13.7. The lowest BCUT2D eigenvalue weighted by Crippen LogP contribution is -2.28. The van der Waals surface area contributed by atoms with Crippen LogP contribution in [0.2, 0.25) is 0 Å². The van der Waals surface area contributed by atoms with E-state index in [1.165, 1.54) is 18.7 Å². The maximum atomic E-state index is 13.7. The van der Waals surface area contributed by atoms with Crippen LogP contribution < -0.4 is 10.1 Å². The number of nitrogens with one attached hydrogen (secondary N) is 1. The fraction of sp³-hybridized carbons (Fsp3) is 0.294. The Morgan fingerprint density at radius 3 is 2.86 bits per heavy atom. The summed E-state index contributed by atoms with van der Waals surface area (Å²) in [6.45, 7) is 0.497. The Bertz CT molecular complexity index is 644. The van der Waals surface area contributed by atoms with Gasteiger partial charge in [-0.25, -0.2) is 4.39 Å². The van der Waals surface area contributed by atoms with Gasteiger partial charge in [0.15, 0.2) is 11.6 Å². The van der Waals surface area contributed by atoms with Crippen LogP contribution in [0.5, 0.6) is 5.75 Å². The predicted molar refractivity (Wildman–Crippen MR) is 78.7 cm³/mol. The number of ether oxygens (including phenoxy) is 1. The molecule has 21 heavy (non-hydrogen) atoms. The molecule has 0 aromatic heterocycles. The van der Waals surface area contributed by atoms with E-state index in [9.17, 15) is 9.50 Å². The number of hydrogen-bond acceptors (Lipinski definition) is 3. The van der Waals surface area contributed by atoms with E-state index in [2.05, 4.69) is 5.32 Å². The summed E-state index contributed by atoms with van der Waals surface area (Å²) in [6.07, 6.45) is 0.218. The van der Waals surface area contributed by atoms with Gasteiger partial charge in [0.05, 0.1) is 19.3 Å². The number of aliphatic hydroxyl groups is 1. The van der Waals surface area contributed by atoms with Crippen LogP contribution in [0.1, 0.15) is 22.7 Å². The Morgan fingerprint density at radius 2 is 2.10 bits per heavy atom. The summed E-state index contributed by atoms with van der Waals surface area (Å²) in [5, 5.41) is 13.5. The quantitative estimate of drug-likeness (QED) is 0.908. The van der Waals surface area contributed by atoms with E-state index in [1.807, 2.05) is 30.3 Å². The van der Waals surface area contributed by atoms with Crippen LogP contribution >= 0.6 is 0 Å². The Labute approximate surface area is 123 Å². The fourth-order valence-electron chi connectivity index (χ4n) is 2.87. The van der Waals surface area contributed by atoms with Crippen LogP contribution in [0.25, 0.3) is 0 Å². The third-order valence-corrected chi connectivity index (χ3v) is 3.95. The minimum Gasteiger partial charge on any atom is -0.494 e. The molecule has 2 aromatic rings. The zero-order valence-electron chi connectivity index (χ0n) is 11.8. The lowest BCUT2D eigenvalue weighted by atomic mass is 10.1. The molecule has 0 unspecified atom stereocenters. The van der Waals surface area contributed by atoms with Crippen LogP contribution in [0.4, 0.5) is 4.39 Å². The van der Waals surface area contributed by atoms with Crippen molar-refractivity contribution >= 4 is 0 Å². The monoisotopic (exact) mass is 287 g/mol. The Hall–Kier alpha value is -1.91. The molecule has 0 spiro atoms. The van der Waals surface area contributed by atoms with Crippen molar-refractivity contribution in [2.45, 2.75) is 25.1 Å². The van der Waals surface area contributed by atoms with Gasteiger partial charge in [-0.2, -0.15) is 0 Å². The maximum Gasteiger partial charge on any atom is 0.165 e. The molecule has 1 aliphatic rings. The van der Waals surface area contributed by atoms with Crippen molar-refractivity contribution in [1.29, 1.82) is 0 Å². The van der Waals surface area contributed by atoms with Gasteiger partial charge in [-0.15, -0.1) is 0 Å². The molecule has 1 aliphatic carbocycles. The minimum atomic E-state index is -0.439. The number of methoxy groups -OCH3 is 1. The van der Waals surface area contributed by atoms with E-state index in [0.717, 1.165) is 11.1 Å². The first-order chi connectivity index (χ1) is 10.2. The summed E-state index contributed by atoms with van der Waals surface area (Å²) >= 11 is 0. The molecule has 0 amide bonds. The molecule has 0 radical (unpaired) electrons. The highest BCUT2D eigenvalue weighted by atomic mass is 19.1. The molecule has 110 valence electrons. The lowest BCUT2D eigenvalue weighted by molar-refractivity contribution is 0.140. The van der Waals surface area contributed by atoms with E-state index in [-0.39, 0.29) is 17.6 Å². The molecule has 3 rings (SSSR count). The molecule has 2 atom stereocenters. The SMILES string of the molecule is COc1ccc(CN[C@@H]2c3ccccc3C[C@@H]2O)cc1F. The van der Waals surface area contributed by atoms with E-state index in [4.69, 9.17) is 4.74 Å². The first-order valence-corrected chi connectivity index (χ1v) is 7.00. The van der Waals surface area contributed by atoms with Crippen molar-refractivity contribution in [3.8, 4) is 5.75 Å². The molecule has 0 saturated heterocycles. The second kappa shape index (κ2) is 5.84. The predicted octanol–water partition coefficient (Wildman–Crippen LogP) is 2.58. The van der Waals surface area contributed by atoms with Crippen molar-refractivity contribution in [3.63, 3.8) is 0 Å². The molecular formula is C17H18FNO2. The highest BCUT2D eigenvalue weighted by Gasteiger charge is 2.30. The molecular weight excluding hydrogens is 269 g/mol. The highest BCUT2D eigenvalue weighted by Crippen LogP contribution is 2.31.